The molecule has 156 valence electrons. The van der Waals surface area contributed by atoms with Crippen LogP contribution in [0.15, 0.2) is 42.5 Å². The van der Waals surface area contributed by atoms with Crippen molar-refractivity contribution in [2.24, 2.45) is 5.73 Å². The van der Waals surface area contributed by atoms with Crippen LogP contribution in [0.3, 0.4) is 0 Å². The number of aryl methyl sites for hydroxylation is 1. The van der Waals surface area contributed by atoms with Gasteiger partial charge >= 0.3 is 7.12 Å². The lowest BCUT2D eigenvalue weighted by atomic mass is 9.79. The number of aromatic nitrogens is 4. The molecule has 6 N–H and O–H groups in total. The number of aromatic amines is 1. The molecule has 0 aliphatic rings. The number of rotatable bonds is 6. The van der Waals surface area contributed by atoms with E-state index < -0.39 is 13.0 Å². The van der Waals surface area contributed by atoms with Gasteiger partial charge in [0.1, 0.15) is 5.82 Å². The molecule has 0 radical (unpaired) electrons. The van der Waals surface area contributed by atoms with Gasteiger partial charge in [-0.1, -0.05) is 30.3 Å². The van der Waals surface area contributed by atoms with Crippen LogP contribution in [0, 0.1) is 12.7 Å². The van der Waals surface area contributed by atoms with E-state index in [9.17, 15) is 19.2 Å². The summed E-state index contributed by atoms with van der Waals surface area (Å²) in [5.41, 5.74) is 8.09. The highest BCUT2D eigenvalue weighted by Crippen LogP contribution is 2.29. The van der Waals surface area contributed by atoms with Crippen molar-refractivity contribution in [2.75, 3.05) is 5.32 Å². The van der Waals surface area contributed by atoms with Crippen LogP contribution in [0.1, 0.15) is 21.9 Å². The summed E-state index contributed by atoms with van der Waals surface area (Å²) in [7, 11) is -1.67. The fourth-order valence-electron chi connectivity index (χ4n) is 3.38. The first-order valence-electron chi connectivity index (χ1n) is 9.35. The molecule has 0 atom stereocenters. The molecule has 4 aromatic rings. The zero-order valence-corrected chi connectivity index (χ0v) is 16.4. The molecule has 0 saturated heterocycles. The summed E-state index contributed by atoms with van der Waals surface area (Å²) in [6, 6.07) is 11.1. The Kier molecular flexibility index (Phi) is 5.36. The van der Waals surface area contributed by atoms with E-state index in [1.54, 1.807) is 37.3 Å². The number of nitrogens with two attached hydrogens (primary N) is 1. The number of hydrogen-bond donors (Lipinski definition) is 5. The summed E-state index contributed by atoms with van der Waals surface area (Å²) in [6.07, 6.45) is 0. The Morgan fingerprint density at radius 3 is 2.68 bits per heavy atom. The van der Waals surface area contributed by atoms with Crippen LogP contribution in [-0.2, 0) is 6.54 Å². The van der Waals surface area contributed by atoms with Crippen LogP contribution >= 0.6 is 0 Å². The molecule has 0 aliphatic carbocycles. The van der Waals surface area contributed by atoms with Crippen molar-refractivity contribution in [3.05, 3.63) is 65.4 Å². The van der Waals surface area contributed by atoms with E-state index in [1.165, 1.54) is 12.1 Å². The van der Waals surface area contributed by atoms with Crippen molar-refractivity contribution in [3.8, 4) is 11.4 Å². The maximum absolute atomic E-state index is 13.4. The van der Waals surface area contributed by atoms with Gasteiger partial charge in [0.2, 0.25) is 11.8 Å². The molecule has 0 unspecified atom stereocenters. The van der Waals surface area contributed by atoms with Gasteiger partial charge in [-0.25, -0.2) is 9.37 Å². The Morgan fingerprint density at radius 1 is 1.19 bits per heavy atom. The Balaban J connectivity index is 1.79. The third-order valence-electron chi connectivity index (χ3n) is 4.75. The molecular weight excluding hydrogens is 402 g/mol. The van der Waals surface area contributed by atoms with Crippen LogP contribution in [0.4, 0.5) is 10.3 Å². The molecule has 9 nitrogen and oxygen atoms in total. The average Bonchev–Trinajstić information content (AvgIpc) is 3.07. The molecule has 11 heteroatoms. The fraction of sp³-hybridized carbons (Fsp3) is 0.100. The lowest BCUT2D eigenvalue weighted by molar-refractivity contribution is 0.0990. The van der Waals surface area contributed by atoms with E-state index in [0.717, 1.165) is 0 Å². The lowest BCUT2D eigenvalue weighted by Crippen LogP contribution is -2.30. The van der Waals surface area contributed by atoms with E-state index in [4.69, 9.17) is 5.73 Å². The Morgan fingerprint density at radius 2 is 1.97 bits per heavy atom. The third kappa shape index (κ3) is 4.09. The predicted octanol–water partition coefficient (Wildman–Crippen LogP) is 0.858. The first-order chi connectivity index (χ1) is 14.8. The van der Waals surface area contributed by atoms with Crippen molar-refractivity contribution in [3.63, 3.8) is 0 Å². The Labute approximate surface area is 176 Å². The number of H-pyrrole nitrogens is 1. The fourth-order valence-corrected chi connectivity index (χ4v) is 3.38. The maximum atomic E-state index is 13.4. The summed E-state index contributed by atoms with van der Waals surface area (Å²) < 4.78 is 13.4. The molecule has 2 aromatic carbocycles. The van der Waals surface area contributed by atoms with Gasteiger partial charge < -0.3 is 26.1 Å². The van der Waals surface area contributed by atoms with E-state index in [2.05, 4.69) is 25.3 Å². The highest BCUT2D eigenvalue weighted by molar-refractivity contribution is 6.61. The van der Waals surface area contributed by atoms with E-state index >= 15 is 0 Å². The van der Waals surface area contributed by atoms with Gasteiger partial charge in [-0.3, -0.25) is 4.79 Å². The smallest absolute Gasteiger partial charge is 0.423 e. The Bertz CT molecular complexity index is 1290. The number of nitrogens with one attached hydrogen (secondary N) is 2. The number of anilines is 1. The van der Waals surface area contributed by atoms with Crippen molar-refractivity contribution in [1.82, 2.24) is 19.9 Å². The number of benzene rings is 2. The minimum Gasteiger partial charge on any atom is -0.423 e. The number of halogens is 1. The maximum Gasteiger partial charge on any atom is 0.490 e. The van der Waals surface area contributed by atoms with Crippen LogP contribution < -0.4 is 16.5 Å². The zero-order chi connectivity index (χ0) is 22.1. The second-order valence-corrected chi connectivity index (χ2v) is 6.92. The molecule has 0 bridgehead atoms. The van der Waals surface area contributed by atoms with E-state index in [-0.39, 0.29) is 30.0 Å². The number of primary amides is 1. The van der Waals surface area contributed by atoms with Gasteiger partial charge in [0.05, 0.1) is 0 Å². The SMILES string of the molecule is Cc1[nH]c2c(B(O)O)cccc2c1-c1nc(NCc2cccc(F)c2)nc(C(N)=O)n1. The monoisotopic (exact) mass is 420 g/mol. The molecular formula is C20H18BFN6O3. The number of nitrogens with zero attached hydrogens (tertiary/aromatic N) is 3. The molecule has 2 aromatic heterocycles. The van der Waals surface area contributed by atoms with Crippen LogP contribution in [0.5, 0.6) is 0 Å². The van der Waals surface area contributed by atoms with Crippen molar-refractivity contribution >= 4 is 35.3 Å². The molecule has 0 spiro atoms. The van der Waals surface area contributed by atoms with Gasteiger partial charge in [-0.05, 0) is 24.6 Å². The number of carbonyl (C=O) groups is 1. The van der Waals surface area contributed by atoms with Gasteiger partial charge in [0.25, 0.3) is 5.91 Å². The number of amides is 1. The van der Waals surface area contributed by atoms with Crippen molar-refractivity contribution in [1.29, 1.82) is 0 Å². The normalized spacial score (nSPS) is 11.0. The van der Waals surface area contributed by atoms with Crippen molar-refractivity contribution in [2.45, 2.75) is 13.5 Å². The molecule has 0 saturated carbocycles. The highest BCUT2D eigenvalue weighted by Gasteiger charge is 2.22. The molecule has 31 heavy (non-hydrogen) atoms. The van der Waals surface area contributed by atoms with E-state index in [1.807, 2.05) is 0 Å². The predicted molar refractivity (Wildman–Crippen MR) is 114 cm³/mol. The van der Waals surface area contributed by atoms with Crippen LogP contribution in [0.25, 0.3) is 22.3 Å². The van der Waals surface area contributed by atoms with Gasteiger partial charge in [0, 0.05) is 34.2 Å². The lowest BCUT2D eigenvalue weighted by Gasteiger charge is -2.09. The first-order valence-corrected chi connectivity index (χ1v) is 9.35. The molecule has 1 amide bonds. The largest absolute Gasteiger partial charge is 0.490 e. The summed E-state index contributed by atoms with van der Waals surface area (Å²) in [6.45, 7) is 1.99. The molecule has 2 heterocycles. The molecule has 0 aliphatic heterocycles. The Hall–Kier alpha value is -3.83. The minimum atomic E-state index is -1.67. The van der Waals surface area contributed by atoms with Gasteiger partial charge in [-0.2, -0.15) is 9.97 Å². The van der Waals surface area contributed by atoms with Crippen LogP contribution in [-0.4, -0.2) is 43.0 Å². The first kappa shape index (κ1) is 20.4. The number of para-hydroxylation sites is 1. The van der Waals surface area contributed by atoms with Gasteiger partial charge in [-0.15, -0.1) is 0 Å². The summed E-state index contributed by atoms with van der Waals surface area (Å²) in [4.78, 5) is 27.5. The summed E-state index contributed by atoms with van der Waals surface area (Å²) in [5, 5.41) is 22.9. The summed E-state index contributed by atoms with van der Waals surface area (Å²) in [5.74, 6) is -1.17. The zero-order valence-electron chi connectivity index (χ0n) is 16.4. The third-order valence-corrected chi connectivity index (χ3v) is 4.75. The summed E-state index contributed by atoms with van der Waals surface area (Å²) >= 11 is 0. The molecule has 0 fully saturated rings. The average molecular weight is 420 g/mol. The number of hydrogen-bond acceptors (Lipinski definition) is 7. The topological polar surface area (TPSA) is 150 Å². The molecule has 4 rings (SSSR count). The van der Waals surface area contributed by atoms with Crippen molar-refractivity contribution < 1.29 is 19.2 Å². The van der Waals surface area contributed by atoms with E-state index in [0.29, 0.717) is 33.2 Å². The second kappa shape index (κ2) is 8.13. The minimum absolute atomic E-state index is 0.0927. The van der Waals surface area contributed by atoms with Gasteiger partial charge in [0.15, 0.2) is 5.82 Å². The standard InChI is InChI=1S/C20H18BFN6O3/c1-10-15(13-6-3-7-14(21(30)31)16(13)25-10)18-26-19(17(23)29)28-20(27-18)24-9-11-4-2-5-12(22)8-11/h2-8,25,30-31H,9H2,1H3,(H2,23,29)(H,24,26,27,28). The quantitative estimate of drug-likeness (QED) is 0.290. The number of fused-ring (bicyclic) bond motifs is 1. The second-order valence-electron chi connectivity index (χ2n) is 6.92. The number of carbonyl (C=O) groups excluding carboxylic acids is 1. The highest BCUT2D eigenvalue weighted by atomic mass is 19.1. The van der Waals surface area contributed by atoms with Crippen LogP contribution in [0.2, 0.25) is 0 Å².